The molecule has 6 nitrogen and oxygen atoms in total. The zero-order valence-corrected chi connectivity index (χ0v) is 35.6. The van der Waals surface area contributed by atoms with Gasteiger partial charge in [-0.05, 0) is 37.0 Å². The zero-order chi connectivity index (χ0) is 38.5. The number of carbonyl (C=O) groups excluding carboxylic acids is 3. The Morgan fingerprint density at radius 1 is 0.385 bits per heavy atom. The molecule has 0 aromatic heterocycles. The summed E-state index contributed by atoms with van der Waals surface area (Å²) < 4.78 is 16.7. The topological polar surface area (TPSA) is 78.9 Å². The van der Waals surface area contributed by atoms with Crippen molar-refractivity contribution in [3.63, 3.8) is 0 Å². The van der Waals surface area contributed by atoms with Gasteiger partial charge in [-0.1, -0.05) is 202 Å². The number of ether oxygens (including phenoxy) is 3. The summed E-state index contributed by atoms with van der Waals surface area (Å²) in [7, 11) is 0. The van der Waals surface area contributed by atoms with Gasteiger partial charge in [-0.15, -0.1) is 0 Å². The summed E-state index contributed by atoms with van der Waals surface area (Å²) in [6, 6.07) is 0. The summed E-state index contributed by atoms with van der Waals surface area (Å²) in [6.07, 6.45) is 33.8. The van der Waals surface area contributed by atoms with E-state index in [0.717, 1.165) is 75.5 Å². The number of carbonyl (C=O) groups is 3. The molecule has 3 atom stereocenters. The van der Waals surface area contributed by atoms with Crippen LogP contribution in [0.1, 0.15) is 241 Å². The summed E-state index contributed by atoms with van der Waals surface area (Å²) in [5, 5.41) is 0. The average molecular weight is 737 g/mol. The molecular weight excluding hydrogens is 648 g/mol. The maximum Gasteiger partial charge on any atom is 0.306 e. The van der Waals surface area contributed by atoms with Crippen LogP contribution in [0.3, 0.4) is 0 Å². The van der Waals surface area contributed by atoms with E-state index in [9.17, 15) is 14.4 Å². The Labute approximate surface area is 323 Å². The molecule has 0 radical (unpaired) electrons. The van der Waals surface area contributed by atoms with Crippen molar-refractivity contribution >= 4 is 17.9 Å². The molecule has 0 saturated heterocycles. The smallest absolute Gasteiger partial charge is 0.306 e. The van der Waals surface area contributed by atoms with Gasteiger partial charge in [0.1, 0.15) is 13.2 Å². The number of hydrogen-bond donors (Lipinski definition) is 0. The SMILES string of the molecule is CCC(C)CCCCCCCCCCCCC(=O)O[C@H](COC(=O)CCCCCCCCCC(C)C)COC(=O)CCCCCCCCC(C)CC. The lowest BCUT2D eigenvalue weighted by Crippen LogP contribution is -2.30. The highest BCUT2D eigenvalue weighted by Gasteiger charge is 2.19. The molecule has 0 saturated carbocycles. The average Bonchev–Trinajstić information content (AvgIpc) is 3.12. The van der Waals surface area contributed by atoms with E-state index in [1.54, 1.807) is 0 Å². The molecule has 0 aliphatic carbocycles. The summed E-state index contributed by atoms with van der Waals surface area (Å²) in [4.78, 5) is 37.7. The summed E-state index contributed by atoms with van der Waals surface area (Å²) in [6.45, 7) is 13.6. The van der Waals surface area contributed by atoms with Crippen molar-refractivity contribution in [2.45, 2.75) is 247 Å². The molecule has 0 amide bonds. The maximum absolute atomic E-state index is 12.7. The molecule has 308 valence electrons. The highest BCUT2D eigenvalue weighted by atomic mass is 16.6. The van der Waals surface area contributed by atoms with Crippen molar-refractivity contribution in [2.24, 2.45) is 17.8 Å². The Morgan fingerprint density at radius 2 is 0.673 bits per heavy atom. The van der Waals surface area contributed by atoms with E-state index in [2.05, 4.69) is 41.5 Å². The van der Waals surface area contributed by atoms with Gasteiger partial charge in [-0.3, -0.25) is 14.4 Å². The zero-order valence-electron chi connectivity index (χ0n) is 35.6. The first-order valence-corrected chi connectivity index (χ1v) is 22.7. The lowest BCUT2D eigenvalue weighted by molar-refractivity contribution is -0.167. The third-order valence-electron chi connectivity index (χ3n) is 10.9. The van der Waals surface area contributed by atoms with E-state index >= 15 is 0 Å². The molecule has 2 unspecified atom stereocenters. The molecule has 0 heterocycles. The first-order valence-electron chi connectivity index (χ1n) is 22.7. The first kappa shape index (κ1) is 50.4. The Morgan fingerprint density at radius 3 is 1.00 bits per heavy atom. The molecule has 0 bridgehead atoms. The van der Waals surface area contributed by atoms with Gasteiger partial charge < -0.3 is 14.2 Å². The molecule has 0 aliphatic rings. The van der Waals surface area contributed by atoms with E-state index in [4.69, 9.17) is 14.2 Å². The van der Waals surface area contributed by atoms with Gasteiger partial charge in [0.05, 0.1) is 0 Å². The third kappa shape index (κ3) is 36.8. The van der Waals surface area contributed by atoms with Crippen LogP contribution in [0.4, 0.5) is 0 Å². The molecule has 0 fully saturated rings. The first-order chi connectivity index (χ1) is 25.2. The highest BCUT2D eigenvalue weighted by Crippen LogP contribution is 2.17. The number of rotatable bonds is 39. The Hall–Kier alpha value is -1.59. The largest absolute Gasteiger partial charge is 0.462 e. The lowest BCUT2D eigenvalue weighted by Gasteiger charge is -2.18. The van der Waals surface area contributed by atoms with E-state index < -0.39 is 6.10 Å². The summed E-state index contributed by atoms with van der Waals surface area (Å²) in [5.41, 5.74) is 0. The van der Waals surface area contributed by atoms with Crippen molar-refractivity contribution in [3.05, 3.63) is 0 Å². The second-order valence-electron chi connectivity index (χ2n) is 16.6. The highest BCUT2D eigenvalue weighted by molar-refractivity contribution is 5.71. The van der Waals surface area contributed by atoms with Crippen molar-refractivity contribution in [1.29, 1.82) is 0 Å². The second-order valence-corrected chi connectivity index (χ2v) is 16.6. The Balaban J connectivity index is 4.36. The molecule has 0 aromatic rings. The number of esters is 3. The van der Waals surface area contributed by atoms with Crippen LogP contribution in [0.2, 0.25) is 0 Å². The van der Waals surface area contributed by atoms with Crippen molar-refractivity contribution in [2.75, 3.05) is 13.2 Å². The van der Waals surface area contributed by atoms with Gasteiger partial charge in [0.2, 0.25) is 0 Å². The molecule has 52 heavy (non-hydrogen) atoms. The lowest BCUT2D eigenvalue weighted by atomic mass is 9.99. The van der Waals surface area contributed by atoms with E-state index in [1.165, 1.54) is 122 Å². The minimum atomic E-state index is -0.762. The minimum absolute atomic E-state index is 0.0675. The standard InChI is InChI=1S/C46H88O6/c1-7-41(5)33-27-21-15-11-9-10-12-16-25-31-37-46(49)52-43(38-50-44(47)35-29-23-17-13-14-20-26-32-40(3)4)39-51-45(48)36-30-24-19-18-22-28-34-42(6)8-2/h40-43H,7-39H2,1-6H3/t41?,42?,43-/m1/s1. The van der Waals surface area contributed by atoms with Crippen molar-refractivity contribution in [1.82, 2.24) is 0 Å². The van der Waals surface area contributed by atoms with Crippen LogP contribution in [0.25, 0.3) is 0 Å². The molecule has 0 aliphatic heterocycles. The van der Waals surface area contributed by atoms with Gasteiger partial charge in [-0.25, -0.2) is 0 Å². The van der Waals surface area contributed by atoms with Crippen molar-refractivity contribution in [3.8, 4) is 0 Å². The quantitative estimate of drug-likeness (QED) is 0.0355. The monoisotopic (exact) mass is 737 g/mol. The fraction of sp³-hybridized carbons (Fsp3) is 0.935. The molecule has 6 heteroatoms. The van der Waals surface area contributed by atoms with Gasteiger partial charge in [0, 0.05) is 19.3 Å². The van der Waals surface area contributed by atoms with Gasteiger partial charge in [-0.2, -0.15) is 0 Å². The van der Waals surface area contributed by atoms with Crippen LogP contribution in [-0.4, -0.2) is 37.2 Å². The summed E-state index contributed by atoms with van der Waals surface area (Å²) in [5.74, 6) is 1.60. The fourth-order valence-electron chi connectivity index (χ4n) is 6.64. The van der Waals surface area contributed by atoms with Gasteiger partial charge in [0.25, 0.3) is 0 Å². The predicted molar refractivity (Wildman–Crippen MR) is 219 cm³/mol. The van der Waals surface area contributed by atoms with E-state index in [-0.39, 0.29) is 31.1 Å². The van der Waals surface area contributed by atoms with Gasteiger partial charge >= 0.3 is 17.9 Å². The molecule has 0 spiro atoms. The van der Waals surface area contributed by atoms with E-state index in [0.29, 0.717) is 19.3 Å². The minimum Gasteiger partial charge on any atom is -0.462 e. The maximum atomic E-state index is 12.7. The molecule has 0 aromatic carbocycles. The van der Waals surface area contributed by atoms with Crippen LogP contribution in [0.5, 0.6) is 0 Å². The van der Waals surface area contributed by atoms with Crippen LogP contribution < -0.4 is 0 Å². The van der Waals surface area contributed by atoms with Crippen molar-refractivity contribution < 1.29 is 28.6 Å². The summed E-state index contributed by atoms with van der Waals surface area (Å²) >= 11 is 0. The third-order valence-corrected chi connectivity index (χ3v) is 10.9. The van der Waals surface area contributed by atoms with Crippen LogP contribution >= 0.6 is 0 Å². The Bertz CT molecular complexity index is 811. The second kappa shape index (κ2) is 37.7. The predicted octanol–water partition coefficient (Wildman–Crippen LogP) is 14.0. The van der Waals surface area contributed by atoms with Crippen LogP contribution in [0.15, 0.2) is 0 Å². The van der Waals surface area contributed by atoms with E-state index in [1.807, 2.05) is 0 Å². The fourth-order valence-corrected chi connectivity index (χ4v) is 6.64. The molecular formula is C46H88O6. The Kier molecular flexibility index (Phi) is 36.6. The number of unbranched alkanes of at least 4 members (excludes halogenated alkanes) is 20. The molecule has 0 N–H and O–H groups in total. The van der Waals surface area contributed by atoms with Crippen LogP contribution in [-0.2, 0) is 28.6 Å². The number of hydrogen-bond acceptors (Lipinski definition) is 6. The van der Waals surface area contributed by atoms with Gasteiger partial charge in [0.15, 0.2) is 6.10 Å². The van der Waals surface area contributed by atoms with Crippen LogP contribution in [0, 0.1) is 17.8 Å². The normalized spacial score (nSPS) is 13.2. The molecule has 0 rings (SSSR count).